The fourth-order valence-corrected chi connectivity index (χ4v) is 1.65. The monoisotopic (exact) mass is 240 g/mol. The Morgan fingerprint density at radius 1 is 1.22 bits per heavy atom. The van der Waals surface area contributed by atoms with Gasteiger partial charge in [0, 0.05) is 5.69 Å². The Labute approximate surface area is 107 Å². The number of hydrogen-bond donors (Lipinski definition) is 1. The Balaban J connectivity index is 2.11. The normalized spacial score (nSPS) is 10.1. The van der Waals surface area contributed by atoms with E-state index in [0.717, 1.165) is 28.3 Å². The van der Waals surface area contributed by atoms with Crippen LogP contribution in [0.4, 0.5) is 11.4 Å². The van der Waals surface area contributed by atoms with Crippen molar-refractivity contribution in [2.75, 3.05) is 5.73 Å². The maximum atomic E-state index is 5.86. The van der Waals surface area contributed by atoms with E-state index in [2.05, 4.69) is 11.7 Å². The van der Waals surface area contributed by atoms with Crippen LogP contribution >= 0.6 is 0 Å². The van der Waals surface area contributed by atoms with Crippen molar-refractivity contribution in [2.45, 2.75) is 13.5 Å². The summed E-state index contributed by atoms with van der Waals surface area (Å²) in [5.74, 6) is 0.728. The van der Waals surface area contributed by atoms with E-state index in [1.165, 1.54) is 0 Å². The third-order valence-corrected chi connectivity index (χ3v) is 2.77. The third kappa shape index (κ3) is 2.69. The molecule has 0 radical (unpaired) electrons. The van der Waals surface area contributed by atoms with Crippen molar-refractivity contribution in [3.63, 3.8) is 0 Å². The van der Waals surface area contributed by atoms with Crippen LogP contribution in [0.3, 0.4) is 0 Å². The predicted molar refractivity (Wildman–Crippen MR) is 75.6 cm³/mol. The molecule has 0 unspecified atom stereocenters. The molecule has 0 fully saturated rings. The zero-order valence-electron chi connectivity index (χ0n) is 10.4. The van der Waals surface area contributed by atoms with E-state index < -0.39 is 0 Å². The van der Waals surface area contributed by atoms with E-state index >= 15 is 0 Å². The lowest BCUT2D eigenvalue weighted by Crippen LogP contribution is -1.98. The van der Waals surface area contributed by atoms with Crippen molar-refractivity contribution in [1.82, 2.24) is 0 Å². The number of nitrogens with two attached hydrogens (primary N) is 1. The molecule has 0 aliphatic heterocycles. The van der Waals surface area contributed by atoms with E-state index in [1.54, 1.807) is 0 Å². The number of anilines is 1. The number of nitrogens with zero attached hydrogens (tertiary/aromatic N) is 1. The molecule has 3 heteroatoms. The van der Waals surface area contributed by atoms with Gasteiger partial charge in [-0.2, -0.15) is 0 Å². The van der Waals surface area contributed by atoms with Crippen LogP contribution in [-0.2, 0) is 6.61 Å². The molecule has 2 N–H and O–H groups in total. The second-order valence-corrected chi connectivity index (χ2v) is 4.11. The summed E-state index contributed by atoms with van der Waals surface area (Å²) in [6.07, 6.45) is 0. The lowest BCUT2D eigenvalue weighted by atomic mass is 10.1. The number of aliphatic imine (C=N–C) groups is 1. The van der Waals surface area contributed by atoms with E-state index in [-0.39, 0.29) is 0 Å². The zero-order valence-corrected chi connectivity index (χ0v) is 10.4. The molecular formula is C15H16N2O. The summed E-state index contributed by atoms with van der Waals surface area (Å²) in [5, 5.41) is 0. The van der Waals surface area contributed by atoms with Gasteiger partial charge < -0.3 is 10.5 Å². The number of aryl methyl sites for hydroxylation is 1. The molecule has 3 nitrogen and oxygen atoms in total. The average molecular weight is 240 g/mol. The van der Waals surface area contributed by atoms with E-state index in [1.807, 2.05) is 49.4 Å². The van der Waals surface area contributed by atoms with Gasteiger partial charge in [0.2, 0.25) is 0 Å². The highest BCUT2D eigenvalue weighted by Gasteiger charge is 2.02. The molecule has 2 rings (SSSR count). The van der Waals surface area contributed by atoms with Crippen molar-refractivity contribution >= 4 is 18.1 Å². The molecule has 0 bridgehead atoms. The van der Waals surface area contributed by atoms with Gasteiger partial charge in [-0.3, -0.25) is 4.99 Å². The van der Waals surface area contributed by atoms with Gasteiger partial charge in [-0.15, -0.1) is 0 Å². The van der Waals surface area contributed by atoms with Crippen molar-refractivity contribution in [1.29, 1.82) is 0 Å². The highest BCUT2D eigenvalue weighted by Crippen LogP contribution is 2.27. The van der Waals surface area contributed by atoms with Crippen LogP contribution in [0.1, 0.15) is 11.1 Å². The van der Waals surface area contributed by atoms with E-state index in [0.29, 0.717) is 6.61 Å². The first-order valence-electron chi connectivity index (χ1n) is 5.74. The minimum atomic E-state index is 0.469. The molecule has 18 heavy (non-hydrogen) atoms. The van der Waals surface area contributed by atoms with E-state index in [9.17, 15) is 0 Å². The summed E-state index contributed by atoms with van der Waals surface area (Å²) in [5.41, 5.74) is 9.51. The highest BCUT2D eigenvalue weighted by atomic mass is 16.5. The SMILES string of the molecule is C=Nc1ccccc1OCc1ccc(C)c(N)c1. The molecule has 0 heterocycles. The molecule has 0 aliphatic carbocycles. The summed E-state index contributed by atoms with van der Waals surface area (Å²) >= 11 is 0. The Morgan fingerprint density at radius 3 is 2.72 bits per heavy atom. The van der Waals surface area contributed by atoms with Gasteiger partial charge in [0.15, 0.2) is 0 Å². The summed E-state index contributed by atoms with van der Waals surface area (Å²) in [6, 6.07) is 13.5. The van der Waals surface area contributed by atoms with Gasteiger partial charge in [0.25, 0.3) is 0 Å². The zero-order chi connectivity index (χ0) is 13.0. The molecule has 0 aromatic heterocycles. The molecular weight excluding hydrogens is 224 g/mol. The second-order valence-electron chi connectivity index (χ2n) is 4.11. The summed E-state index contributed by atoms with van der Waals surface area (Å²) in [6.45, 7) is 5.97. The summed E-state index contributed by atoms with van der Waals surface area (Å²) in [7, 11) is 0. The average Bonchev–Trinajstić information content (AvgIpc) is 2.40. The van der Waals surface area contributed by atoms with Crippen molar-refractivity contribution in [2.24, 2.45) is 4.99 Å². The Morgan fingerprint density at radius 2 is 2.00 bits per heavy atom. The fourth-order valence-electron chi connectivity index (χ4n) is 1.65. The molecule has 0 saturated carbocycles. The molecule has 2 aromatic rings. The molecule has 92 valence electrons. The number of ether oxygens (including phenoxy) is 1. The maximum absolute atomic E-state index is 5.86. The lowest BCUT2D eigenvalue weighted by molar-refractivity contribution is 0.307. The van der Waals surface area contributed by atoms with Crippen molar-refractivity contribution in [3.05, 3.63) is 53.6 Å². The Kier molecular flexibility index (Phi) is 3.63. The van der Waals surface area contributed by atoms with E-state index in [4.69, 9.17) is 10.5 Å². The molecule has 0 aliphatic rings. The molecule has 0 amide bonds. The van der Waals surface area contributed by atoms with Gasteiger partial charge in [0.05, 0.1) is 0 Å². The first kappa shape index (κ1) is 12.2. The van der Waals surface area contributed by atoms with Crippen LogP contribution in [0.2, 0.25) is 0 Å². The number of para-hydroxylation sites is 2. The topological polar surface area (TPSA) is 47.6 Å². The van der Waals surface area contributed by atoms with Crippen LogP contribution < -0.4 is 10.5 Å². The quantitative estimate of drug-likeness (QED) is 0.657. The number of rotatable bonds is 4. The van der Waals surface area contributed by atoms with Crippen LogP contribution in [-0.4, -0.2) is 6.72 Å². The summed E-state index contributed by atoms with van der Waals surface area (Å²) < 4.78 is 5.72. The molecule has 0 atom stereocenters. The van der Waals surface area contributed by atoms with Gasteiger partial charge in [-0.1, -0.05) is 24.3 Å². The van der Waals surface area contributed by atoms with Gasteiger partial charge in [-0.25, -0.2) is 0 Å². The molecule has 0 saturated heterocycles. The highest BCUT2D eigenvalue weighted by molar-refractivity contribution is 5.55. The van der Waals surface area contributed by atoms with Gasteiger partial charge >= 0.3 is 0 Å². The van der Waals surface area contributed by atoms with Gasteiger partial charge in [0.1, 0.15) is 18.0 Å². The number of hydrogen-bond acceptors (Lipinski definition) is 3. The first-order valence-corrected chi connectivity index (χ1v) is 5.74. The Hall–Kier alpha value is -2.29. The standard InChI is InChI=1S/C15H16N2O/c1-11-7-8-12(9-13(11)16)10-18-15-6-4-3-5-14(15)17-2/h3-9H,2,10,16H2,1H3. The van der Waals surface area contributed by atoms with Crippen LogP contribution in [0.5, 0.6) is 5.75 Å². The number of benzene rings is 2. The minimum absolute atomic E-state index is 0.469. The maximum Gasteiger partial charge on any atom is 0.145 e. The van der Waals surface area contributed by atoms with Crippen LogP contribution in [0.15, 0.2) is 47.5 Å². The predicted octanol–water partition coefficient (Wildman–Crippen LogP) is 3.49. The largest absolute Gasteiger partial charge is 0.487 e. The molecule has 2 aromatic carbocycles. The first-order chi connectivity index (χ1) is 8.70. The third-order valence-electron chi connectivity index (χ3n) is 2.77. The fraction of sp³-hybridized carbons (Fsp3) is 0.133. The lowest BCUT2D eigenvalue weighted by Gasteiger charge is -2.09. The van der Waals surface area contributed by atoms with Crippen molar-refractivity contribution < 1.29 is 4.74 Å². The van der Waals surface area contributed by atoms with Gasteiger partial charge in [-0.05, 0) is 43.0 Å². The van der Waals surface area contributed by atoms with Crippen LogP contribution in [0.25, 0.3) is 0 Å². The number of nitrogen functional groups attached to an aromatic ring is 1. The summed E-state index contributed by atoms with van der Waals surface area (Å²) in [4.78, 5) is 3.91. The Bertz CT molecular complexity index is 564. The van der Waals surface area contributed by atoms with Crippen molar-refractivity contribution in [3.8, 4) is 5.75 Å². The molecule has 0 spiro atoms. The smallest absolute Gasteiger partial charge is 0.145 e. The minimum Gasteiger partial charge on any atom is -0.487 e. The second kappa shape index (κ2) is 5.36. The van der Waals surface area contributed by atoms with Crippen LogP contribution in [0, 0.1) is 6.92 Å².